The lowest BCUT2D eigenvalue weighted by molar-refractivity contribution is -0.123. The third-order valence-corrected chi connectivity index (χ3v) is 7.07. The van der Waals surface area contributed by atoms with Crippen LogP contribution in [0.1, 0.15) is 30.0 Å². The molecule has 4 nitrogen and oxygen atoms in total. The van der Waals surface area contributed by atoms with Crippen molar-refractivity contribution in [2.45, 2.75) is 31.6 Å². The second kappa shape index (κ2) is 10.2. The Labute approximate surface area is 197 Å². The minimum Gasteiger partial charge on any atom is -0.493 e. The number of hydrogen-bond donors (Lipinski definition) is 1. The molecule has 4 heteroatoms. The maximum atomic E-state index is 13.3. The molecule has 0 bridgehead atoms. The Morgan fingerprint density at radius 2 is 2.09 bits per heavy atom. The number of benzene rings is 2. The average molecular weight is 443 g/mol. The Bertz CT molecular complexity index is 1060. The van der Waals surface area contributed by atoms with Crippen LogP contribution in [0.3, 0.4) is 0 Å². The summed E-state index contributed by atoms with van der Waals surface area (Å²) in [5, 5.41) is 0. The topological polar surface area (TPSA) is 55.6 Å². The van der Waals surface area contributed by atoms with Gasteiger partial charge in [0.1, 0.15) is 11.2 Å². The molecule has 0 aliphatic carbocycles. The van der Waals surface area contributed by atoms with Crippen LogP contribution in [-0.2, 0) is 23.1 Å². The van der Waals surface area contributed by atoms with Crippen LogP contribution in [0.25, 0.3) is 0 Å². The van der Waals surface area contributed by atoms with Gasteiger partial charge < -0.3 is 15.4 Å². The molecule has 2 aliphatic heterocycles. The molecule has 0 spiro atoms. The Hall–Kier alpha value is -3.11. The highest BCUT2D eigenvalue weighted by molar-refractivity contribution is 5.92. The van der Waals surface area contributed by atoms with Crippen molar-refractivity contribution in [1.29, 1.82) is 0 Å². The summed E-state index contributed by atoms with van der Waals surface area (Å²) in [6.07, 6.45) is 10.6. The molecule has 2 aromatic carbocycles. The quantitative estimate of drug-likeness (QED) is 0.578. The number of primary amides is 1. The van der Waals surface area contributed by atoms with Crippen molar-refractivity contribution in [2.24, 2.45) is 11.7 Å². The van der Waals surface area contributed by atoms with E-state index in [0.717, 1.165) is 62.4 Å². The highest BCUT2D eigenvalue weighted by Crippen LogP contribution is 2.44. The van der Waals surface area contributed by atoms with E-state index < -0.39 is 5.41 Å². The van der Waals surface area contributed by atoms with Crippen molar-refractivity contribution >= 4 is 5.91 Å². The van der Waals surface area contributed by atoms with Crippen molar-refractivity contribution in [3.63, 3.8) is 0 Å². The fourth-order valence-electron chi connectivity index (χ4n) is 5.52. The monoisotopic (exact) mass is 442 g/mol. The lowest BCUT2D eigenvalue weighted by atomic mass is 9.64. The van der Waals surface area contributed by atoms with Gasteiger partial charge in [0.25, 0.3) is 0 Å². The van der Waals surface area contributed by atoms with Crippen molar-refractivity contribution < 1.29 is 9.53 Å². The molecule has 172 valence electrons. The predicted octanol–water partition coefficient (Wildman–Crippen LogP) is 4.60. The number of carbonyl (C=O) groups excluding carboxylic acids is 1. The number of nitrogens with two attached hydrogens (primary N) is 1. The van der Waals surface area contributed by atoms with E-state index in [-0.39, 0.29) is 11.8 Å². The lowest BCUT2D eigenvalue weighted by Crippen LogP contribution is -2.49. The number of fused-ring (bicyclic) bond motifs is 1. The molecule has 2 heterocycles. The van der Waals surface area contributed by atoms with E-state index in [2.05, 4.69) is 29.7 Å². The van der Waals surface area contributed by atoms with E-state index in [9.17, 15) is 4.79 Å². The first-order valence-corrected chi connectivity index (χ1v) is 11.9. The van der Waals surface area contributed by atoms with Gasteiger partial charge in [-0.25, -0.2) is 0 Å². The van der Waals surface area contributed by atoms with Gasteiger partial charge in [0.2, 0.25) is 5.91 Å². The standard InChI is InChI=1S/C29H34N2O2/c1-3-8-24(9-4-2)29(28(30)32,25-10-6-5-7-11-25)26-15-18-31(21-26)17-14-22-12-13-27-23(20-22)16-19-33-27/h3-13,20,26H,1,14-19,21H2,2H3,(H2,30,32)/b9-4-,24-8+. The molecule has 0 radical (unpaired) electrons. The van der Waals surface area contributed by atoms with Gasteiger partial charge in [0, 0.05) is 19.5 Å². The van der Waals surface area contributed by atoms with E-state index in [4.69, 9.17) is 10.5 Å². The maximum Gasteiger partial charge on any atom is 0.232 e. The number of likely N-dealkylation sites (tertiary alicyclic amines) is 1. The molecule has 1 fully saturated rings. The minimum atomic E-state index is -0.887. The molecule has 2 atom stereocenters. The van der Waals surface area contributed by atoms with Crippen LogP contribution in [0, 0.1) is 5.92 Å². The highest BCUT2D eigenvalue weighted by Gasteiger charge is 2.50. The number of carbonyl (C=O) groups is 1. The number of ether oxygens (including phenoxy) is 1. The molecule has 0 saturated carbocycles. The SMILES string of the molecule is C=C/C=C(\C=C/C)C(C(N)=O)(c1ccccc1)C1CCN(CCc2ccc3c(c2)CCO3)C1. The molecule has 2 aliphatic rings. The summed E-state index contributed by atoms with van der Waals surface area (Å²) in [7, 11) is 0. The zero-order valence-corrected chi connectivity index (χ0v) is 19.5. The van der Waals surface area contributed by atoms with Crippen molar-refractivity contribution in [1.82, 2.24) is 4.90 Å². The first-order chi connectivity index (χ1) is 16.1. The van der Waals surface area contributed by atoms with Crippen molar-refractivity contribution in [2.75, 3.05) is 26.2 Å². The largest absolute Gasteiger partial charge is 0.493 e. The number of amides is 1. The van der Waals surface area contributed by atoms with E-state index >= 15 is 0 Å². The Balaban J connectivity index is 1.58. The maximum absolute atomic E-state index is 13.3. The first kappa shape index (κ1) is 23.1. The minimum absolute atomic E-state index is 0.0909. The summed E-state index contributed by atoms with van der Waals surface area (Å²) in [5.74, 6) is 0.818. The molecule has 2 N–H and O–H groups in total. The van der Waals surface area contributed by atoms with Crippen LogP contribution in [-0.4, -0.2) is 37.0 Å². The van der Waals surface area contributed by atoms with Gasteiger partial charge in [-0.15, -0.1) is 0 Å². The average Bonchev–Trinajstić information content (AvgIpc) is 3.48. The van der Waals surface area contributed by atoms with E-state index in [1.165, 1.54) is 11.1 Å². The number of hydrogen-bond acceptors (Lipinski definition) is 3. The number of allylic oxidation sites excluding steroid dienone is 4. The lowest BCUT2D eigenvalue weighted by Gasteiger charge is -2.38. The van der Waals surface area contributed by atoms with Gasteiger partial charge in [-0.2, -0.15) is 0 Å². The van der Waals surface area contributed by atoms with Gasteiger partial charge >= 0.3 is 0 Å². The predicted molar refractivity (Wildman–Crippen MR) is 134 cm³/mol. The second-order valence-electron chi connectivity index (χ2n) is 8.97. The molecule has 2 aromatic rings. The Morgan fingerprint density at radius 3 is 2.82 bits per heavy atom. The van der Waals surface area contributed by atoms with E-state index in [0.29, 0.717) is 0 Å². The second-order valence-corrected chi connectivity index (χ2v) is 8.97. The van der Waals surface area contributed by atoms with E-state index in [1.54, 1.807) is 6.08 Å². The number of rotatable bonds is 9. The zero-order valence-electron chi connectivity index (χ0n) is 19.5. The van der Waals surface area contributed by atoms with Crippen LogP contribution in [0.2, 0.25) is 0 Å². The van der Waals surface area contributed by atoms with Crippen LogP contribution in [0.5, 0.6) is 5.75 Å². The van der Waals surface area contributed by atoms with Crippen LogP contribution in [0.4, 0.5) is 0 Å². The molecule has 1 saturated heterocycles. The third kappa shape index (κ3) is 4.53. The van der Waals surface area contributed by atoms with Gasteiger partial charge in [-0.3, -0.25) is 4.79 Å². The Morgan fingerprint density at radius 1 is 1.27 bits per heavy atom. The summed E-state index contributed by atoms with van der Waals surface area (Å²) in [6.45, 7) is 9.40. The normalized spacial score (nSPS) is 20.4. The molecule has 0 aromatic heterocycles. The molecule has 2 unspecified atom stereocenters. The molecule has 33 heavy (non-hydrogen) atoms. The fraction of sp³-hybridized carbons (Fsp3) is 0.345. The summed E-state index contributed by atoms with van der Waals surface area (Å²) >= 11 is 0. The van der Waals surface area contributed by atoms with Crippen molar-refractivity contribution in [3.05, 3.63) is 102 Å². The van der Waals surface area contributed by atoms with Gasteiger partial charge in [-0.05, 0) is 60.6 Å². The third-order valence-electron chi connectivity index (χ3n) is 7.07. The summed E-state index contributed by atoms with van der Waals surface area (Å²) < 4.78 is 5.64. The van der Waals surface area contributed by atoms with Gasteiger partial charge in [0.15, 0.2) is 0 Å². The molecular weight excluding hydrogens is 408 g/mol. The van der Waals surface area contributed by atoms with Crippen LogP contribution < -0.4 is 10.5 Å². The summed E-state index contributed by atoms with van der Waals surface area (Å²) in [4.78, 5) is 15.7. The van der Waals surface area contributed by atoms with Gasteiger partial charge in [0.05, 0.1) is 6.61 Å². The van der Waals surface area contributed by atoms with Crippen LogP contribution in [0.15, 0.2) is 85.0 Å². The van der Waals surface area contributed by atoms with E-state index in [1.807, 2.05) is 55.5 Å². The summed E-state index contributed by atoms with van der Waals surface area (Å²) in [5.41, 5.74) is 9.86. The summed E-state index contributed by atoms with van der Waals surface area (Å²) in [6, 6.07) is 16.6. The Kier molecular flexibility index (Phi) is 7.14. The number of nitrogens with zero attached hydrogens (tertiary/aromatic N) is 1. The molecule has 4 rings (SSSR count). The van der Waals surface area contributed by atoms with Crippen molar-refractivity contribution in [3.8, 4) is 5.75 Å². The van der Waals surface area contributed by atoms with Crippen LogP contribution >= 0.6 is 0 Å². The fourth-order valence-corrected chi connectivity index (χ4v) is 5.52. The first-order valence-electron chi connectivity index (χ1n) is 11.9. The highest BCUT2D eigenvalue weighted by atomic mass is 16.5. The van der Waals surface area contributed by atoms with Gasteiger partial charge in [-0.1, -0.05) is 73.3 Å². The molecular formula is C29H34N2O2. The smallest absolute Gasteiger partial charge is 0.232 e. The molecule has 1 amide bonds. The zero-order chi connectivity index (χ0) is 23.3.